The Morgan fingerprint density at radius 1 is 0.275 bits per heavy atom. The number of thiophene rings is 2. The van der Waals surface area contributed by atoms with Crippen molar-refractivity contribution in [1.29, 1.82) is 0 Å². The summed E-state index contributed by atoms with van der Waals surface area (Å²) in [5, 5.41) is 0. The van der Waals surface area contributed by atoms with E-state index in [9.17, 15) is 0 Å². The third kappa shape index (κ3) is 49.8. The molecule has 2 saturated heterocycles. The predicted molar refractivity (Wildman–Crippen MR) is 554 cm³/mol. The van der Waals surface area contributed by atoms with Crippen LogP contribution in [-0.2, 0) is 0 Å². The maximum Gasteiger partial charge on any atom is 0.159 e. The molecule has 6 heterocycles. The highest BCUT2D eigenvalue weighted by Crippen LogP contribution is 2.46. The number of anilines is 1. The van der Waals surface area contributed by atoms with Gasteiger partial charge in [-0.2, -0.15) is 0 Å². The molecule has 0 spiro atoms. The molecule has 682 valence electrons. The van der Waals surface area contributed by atoms with Crippen LogP contribution in [0.15, 0.2) is 146 Å². The second kappa shape index (κ2) is 78.6. The van der Waals surface area contributed by atoms with E-state index in [0.29, 0.717) is 0 Å². The minimum absolute atomic E-state index is 0.788. The van der Waals surface area contributed by atoms with Crippen molar-refractivity contribution in [3.63, 3.8) is 0 Å². The van der Waals surface area contributed by atoms with Gasteiger partial charge in [-0.15, -0.1) is 22.7 Å². The van der Waals surface area contributed by atoms with E-state index in [1.54, 1.807) is 31.2 Å². The minimum Gasteiger partial charge on any atom is -0.369 e. The van der Waals surface area contributed by atoms with Gasteiger partial charge in [-0.3, -0.25) is 0 Å². The van der Waals surface area contributed by atoms with E-state index < -0.39 is 0 Å². The molecule has 8 nitrogen and oxygen atoms in total. The van der Waals surface area contributed by atoms with Gasteiger partial charge < -0.3 is 19.6 Å². The first-order valence-electron chi connectivity index (χ1n) is 48.4. The smallest absolute Gasteiger partial charge is 0.159 e. The number of hydrogen-bond donors (Lipinski definition) is 0. The molecule has 5 aromatic carbocycles. The number of likely N-dealkylation sites (N-methyl/N-ethyl adjacent to an activating group) is 3. The van der Waals surface area contributed by atoms with Crippen molar-refractivity contribution in [1.82, 2.24) is 34.6 Å². The Kier molecular flexibility index (Phi) is 80.0. The van der Waals surface area contributed by atoms with Gasteiger partial charge in [0.2, 0.25) is 0 Å². The molecule has 0 atom stereocenters. The molecule has 3 saturated carbocycles. The van der Waals surface area contributed by atoms with Gasteiger partial charge in [0.15, 0.2) is 5.82 Å². The van der Waals surface area contributed by atoms with Crippen LogP contribution >= 0.6 is 22.7 Å². The summed E-state index contributed by atoms with van der Waals surface area (Å²) in [6.07, 6.45) is 25.2. The van der Waals surface area contributed by atoms with Crippen LogP contribution < -0.4 is 4.90 Å². The molecule has 3 aliphatic carbocycles. The molecule has 10 heteroatoms. The van der Waals surface area contributed by atoms with E-state index >= 15 is 0 Å². The van der Waals surface area contributed by atoms with Crippen molar-refractivity contribution in [2.75, 3.05) is 78.4 Å². The van der Waals surface area contributed by atoms with Crippen molar-refractivity contribution in [2.24, 2.45) is 29.6 Å². The summed E-state index contributed by atoms with van der Waals surface area (Å²) in [4.78, 5) is 29.3. The maximum atomic E-state index is 4.27. The number of fused-ring (bicyclic) bond motifs is 1. The molecule has 14 rings (SSSR count). The van der Waals surface area contributed by atoms with Crippen LogP contribution in [-0.4, -0.2) is 108 Å². The lowest BCUT2D eigenvalue weighted by molar-refractivity contribution is 0.155. The molecular weight excluding hydrogens is 1500 g/mol. The summed E-state index contributed by atoms with van der Waals surface area (Å²) < 4.78 is 2.95. The van der Waals surface area contributed by atoms with Crippen LogP contribution in [0.4, 0.5) is 5.69 Å². The number of nitrogens with zero attached hydrogens (tertiary/aromatic N) is 8. The largest absolute Gasteiger partial charge is 0.369 e. The van der Waals surface area contributed by atoms with Crippen LogP contribution in [0.1, 0.15) is 330 Å². The number of rotatable bonds is 6. The molecule has 9 aromatic rings. The highest BCUT2D eigenvalue weighted by atomic mass is 32.1. The highest BCUT2D eigenvalue weighted by molar-refractivity contribution is 7.29. The second-order valence-corrected chi connectivity index (χ2v) is 31.8. The fourth-order valence-electron chi connectivity index (χ4n) is 13.5. The van der Waals surface area contributed by atoms with Gasteiger partial charge >= 0.3 is 0 Å². The number of aryl methyl sites for hydroxylation is 10. The highest BCUT2D eigenvalue weighted by Gasteiger charge is 2.29. The average molecular weight is 1690 g/mol. The summed E-state index contributed by atoms with van der Waals surface area (Å²) in [6, 6.07) is 43.4. The van der Waals surface area contributed by atoms with Crippen molar-refractivity contribution in [2.45, 2.75) is 339 Å². The molecule has 120 heavy (non-hydrogen) atoms. The Balaban J connectivity index is -0.000000413. The topological polar surface area (TPSA) is 64.5 Å². The van der Waals surface area contributed by atoms with Gasteiger partial charge in [-0.05, 0) is 204 Å². The number of benzene rings is 5. The van der Waals surface area contributed by atoms with Crippen molar-refractivity contribution in [3.05, 3.63) is 206 Å². The van der Waals surface area contributed by atoms with E-state index in [4.69, 9.17) is 0 Å². The lowest BCUT2D eigenvalue weighted by Gasteiger charge is -2.36. The zero-order valence-electron chi connectivity index (χ0n) is 85.9. The Labute approximate surface area is 754 Å². The SMILES string of the molecule is CC.CC.CC.CC.CC.CC.CC.CC.CC.CC.CC.CC.CC1CCC(C2CCC(C)CC2)CC1.CN1CCN(C)CC1.Cc1ccc(-c2c(C)sc3c(C)c(C)sc23)cc1.Cc1ccc(-c2cnc(C)nc2)cc1.Cc1ccc(-c2ncc(C)cn2)cc1.Cc1ccc(C2CCC(C)CC2)cc1.Cc1ccc(N2CCN(C)CC2)cc1. The van der Waals surface area contributed by atoms with Crippen molar-refractivity contribution in [3.8, 4) is 33.6 Å². The fourth-order valence-corrected chi connectivity index (χ4v) is 16.2. The monoisotopic (exact) mass is 1690 g/mol. The number of aromatic nitrogens is 4. The van der Waals surface area contributed by atoms with E-state index in [2.05, 4.69) is 246 Å². The zero-order valence-corrected chi connectivity index (χ0v) is 87.5. The van der Waals surface area contributed by atoms with Gasteiger partial charge in [0.1, 0.15) is 5.82 Å². The molecule has 0 amide bonds. The maximum absolute atomic E-state index is 4.27. The van der Waals surface area contributed by atoms with Crippen molar-refractivity contribution < 1.29 is 0 Å². The van der Waals surface area contributed by atoms with Crippen molar-refractivity contribution >= 4 is 37.8 Å². The van der Waals surface area contributed by atoms with Crippen LogP contribution in [0.3, 0.4) is 0 Å². The molecule has 0 unspecified atom stereocenters. The standard InChI is InChI=1S/C16H16S2.C14H26.C14H20.C12H18N2.2C12H12N2.C6H14N2.12C2H6/c1-9-5-7-13(8-6-9)14-12(4)18-15-10(2)11(3)17-16(14)15;2*1-11-3-7-13(8-4-11)14-9-5-12(2)6-10-14;1-11-3-5-12(6-4-11)14-9-7-13(2)8-10-14;1-9-3-5-11(6-4-9)12-7-13-10(2)14-8-12;1-9-3-5-11(6-4-9)12-13-7-10(2)8-14-12;1-7-3-5-8(2)6-4-7;12*1-2/h5-8H,1-4H3;11-14H,3-10H2,1-2H3;3-4,7-8,12,14H,5-6,9-10H2,1-2H3;3-6H,7-10H2,1-2H3;2*3-8H,1-2H3;3-6H2,1-2H3;12*1-2H3. The molecule has 0 N–H and O–H groups in total. The van der Waals surface area contributed by atoms with Gasteiger partial charge in [0.25, 0.3) is 0 Å². The fraction of sp³-hybridized carbons (Fsp3) is 0.600. The summed E-state index contributed by atoms with van der Waals surface area (Å²) in [7, 11) is 6.53. The summed E-state index contributed by atoms with van der Waals surface area (Å²) >= 11 is 3.87. The molecule has 5 aliphatic rings. The lowest BCUT2D eigenvalue weighted by Crippen LogP contribution is -2.44. The number of hydrogen-bond acceptors (Lipinski definition) is 10. The summed E-state index contributed by atoms with van der Waals surface area (Å²) in [5.41, 5.74) is 18.1. The van der Waals surface area contributed by atoms with Gasteiger partial charge in [0.05, 0.1) is 4.70 Å². The van der Waals surface area contributed by atoms with E-state index in [-0.39, 0.29) is 0 Å². The molecule has 2 aliphatic heterocycles. The molecular formula is C110H190N8S2. The lowest BCUT2D eigenvalue weighted by atomic mass is 9.70. The summed E-state index contributed by atoms with van der Waals surface area (Å²) in [6.45, 7) is 86.0. The van der Waals surface area contributed by atoms with E-state index in [0.717, 1.165) is 82.5 Å². The Morgan fingerprint density at radius 2 is 0.567 bits per heavy atom. The third-order valence-electron chi connectivity index (χ3n) is 20.7. The molecule has 0 bridgehead atoms. The first kappa shape index (κ1) is 122. The number of piperazine rings is 2. The van der Waals surface area contributed by atoms with Crippen LogP contribution in [0.25, 0.3) is 43.0 Å². The Bertz CT molecular complexity index is 3360. The van der Waals surface area contributed by atoms with Crippen LogP contribution in [0.2, 0.25) is 0 Å². The zero-order chi connectivity index (χ0) is 92.7. The molecule has 5 fully saturated rings. The predicted octanol–water partition coefficient (Wildman–Crippen LogP) is 34.2. The molecule has 0 radical (unpaired) electrons. The normalized spacial score (nSPS) is 17.1. The van der Waals surface area contributed by atoms with Crippen LogP contribution in [0, 0.1) is 98.8 Å². The van der Waals surface area contributed by atoms with Crippen LogP contribution in [0.5, 0.6) is 0 Å². The minimum atomic E-state index is 0.788. The quantitative estimate of drug-likeness (QED) is 0.163. The summed E-state index contributed by atoms with van der Waals surface area (Å²) in [5.74, 6) is 7.65. The van der Waals surface area contributed by atoms with Gasteiger partial charge in [-0.25, -0.2) is 19.9 Å². The third-order valence-corrected chi connectivity index (χ3v) is 23.3. The average Bonchev–Trinajstić information content (AvgIpc) is 1.61. The first-order valence-corrected chi connectivity index (χ1v) is 50.0. The second-order valence-electron chi connectivity index (χ2n) is 29.3. The first-order chi connectivity index (χ1) is 58.1. The molecule has 4 aromatic heterocycles. The Morgan fingerprint density at radius 3 is 0.917 bits per heavy atom. The van der Waals surface area contributed by atoms with E-state index in [1.807, 2.05) is 240 Å². The van der Waals surface area contributed by atoms with E-state index in [1.165, 1.54) is 160 Å². The van der Waals surface area contributed by atoms with Gasteiger partial charge in [-0.1, -0.05) is 362 Å². The Hall–Kier alpha value is -6.40. The van der Waals surface area contributed by atoms with Gasteiger partial charge in [0, 0.05) is 114 Å².